The second-order valence-electron chi connectivity index (χ2n) is 22.5. The molecule has 2 aromatic carbocycles. The number of aromatic hydroxyl groups is 2. The first-order valence-corrected chi connectivity index (χ1v) is 28.5. The van der Waals surface area contributed by atoms with Gasteiger partial charge in [-0.25, -0.2) is 24.4 Å². The maximum atomic E-state index is 13.9. The molecule has 31 heteroatoms. The van der Waals surface area contributed by atoms with E-state index in [1.807, 2.05) is 70.5 Å². The van der Waals surface area contributed by atoms with Crippen LogP contribution >= 0.6 is 0 Å². The number of aliphatic hydroxyl groups excluding tert-OH is 8. The second-order valence-corrected chi connectivity index (χ2v) is 22.5. The molecule has 0 radical (unpaired) electrons. The van der Waals surface area contributed by atoms with Crippen molar-refractivity contribution >= 4 is 51.9 Å². The molecule has 12 rings (SSSR count). The van der Waals surface area contributed by atoms with Crippen molar-refractivity contribution < 1.29 is 55.9 Å². The summed E-state index contributed by atoms with van der Waals surface area (Å²) < 4.78 is 5.00. The highest BCUT2D eigenvalue weighted by atomic mass is 16.3. The SMILES string of the molecule is O=C(N[C@@H]1CCN(c2nc(N[C@H](CO)Cc3ccccc3)c3ncn([C@@H]4C[C@H](n5c(O)c(CO)[nH]c5=O)[C@@H](O)[C@H]4O)c3n2)C1)N[C@@H]1CCN(c2nc(N[C@H](CO)Cc3ccccc3)c3ncn([C@@H]4C[C@H](n5c(O)c(CO)[nH]c5=O)[C@@H](O)[C@H]4O)c3n2)C1. The van der Waals surface area contributed by atoms with Crippen LogP contribution in [0.5, 0.6) is 11.8 Å². The van der Waals surface area contributed by atoms with Crippen LogP contribution in [0.15, 0.2) is 82.9 Å². The third kappa shape index (κ3) is 10.9. The summed E-state index contributed by atoms with van der Waals surface area (Å²) in [6.45, 7) is -0.482. The molecular formula is C55H68N18O13. The van der Waals surface area contributed by atoms with Gasteiger partial charge in [0.1, 0.15) is 35.8 Å². The fourth-order valence-corrected chi connectivity index (χ4v) is 12.7. The quantitative estimate of drug-likeness (QED) is 0.0406. The summed E-state index contributed by atoms with van der Waals surface area (Å²) in [4.78, 5) is 77.3. The third-order valence-electron chi connectivity index (χ3n) is 17.1. The number of urea groups is 1. The van der Waals surface area contributed by atoms with Crippen LogP contribution in [0.2, 0.25) is 0 Å². The highest BCUT2D eigenvalue weighted by molar-refractivity contribution is 5.86. The fourth-order valence-electron chi connectivity index (χ4n) is 12.7. The molecule has 0 unspecified atom stereocenters. The van der Waals surface area contributed by atoms with Crippen LogP contribution in [0.4, 0.5) is 28.3 Å². The van der Waals surface area contributed by atoms with Crippen molar-refractivity contribution in [1.82, 2.24) is 68.8 Å². The van der Waals surface area contributed by atoms with Gasteiger partial charge in [-0.15, -0.1) is 0 Å². The molecule has 2 saturated carbocycles. The molecule has 4 fully saturated rings. The first kappa shape index (κ1) is 57.7. The summed E-state index contributed by atoms with van der Waals surface area (Å²) in [5.41, 5.74) is 1.19. The molecule has 8 heterocycles. The van der Waals surface area contributed by atoms with Gasteiger partial charge in [0.05, 0.1) is 75.3 Å². The Balaban J connectivity index is 0.766. The van der Waals surface area contributed by atoms with Crippen LogP contribution in [0.25, 0.3) is 22.3 Å². The van der Waals surface area contributed by atoms with Crippen LogP contribution in [0, 0.1) is 0 Å². The summed E-state index contributed by atoms with van der Waals surface area (Å²) >= 11 is 0. The second kappa shape index (κ2) is 24.0. The average Bonchev–Trinajstić information content (AvgIpc) is 1.79. The molecule has 456 valence electrons. The smallest absolute Gasteiger partial charge is 0.329 e. The zero-order valence-corrected chi connectivity index (χ0v) is 46.3. The zero-order valence-electron chi connectivity index (χ0n) is 46.3. The molecule has 4 aliphatic rings. The lowest BCUT2D eigenvalue weighted by atomic mass is 10.1. The van der Waals surface area contributed by atoms with Gasteiger partial charge >= 0.3 is 17.4 Å². The van der Waals surface area contributed by atoms with Gasteiger partial charge in [-0.05, 0) is 49.7 Å². The first-order chi connectivity index (χ1) is 41.6. The molecule has 8 aromatic rings. The Labute approximate surface area is 487 Å². The number of rotatable bonds is 20. The summed E-state index contributed by atoms with van der Waals surface area (Å²) in [6, 6.07) is 12.9. The third-order valence-corrected chi connectivity index (χ3v) is 17.1. The van der Waals surface area contributed by atoms with Crippen molar-refractivity contribution in [2.75, 3.05) is 59.8 Å². The molecule has 2 aliphatic heterocycles. The number of hydrogen-bond donors (Lipinski definition) is 16. The largest absolute Gasteiger partial charge is 0.493 e. The first-order valence-electron chi connectivity index (χ1n) is 28.5. The van der Waals surface area contributed by atoms with Crippen molar-refractivity contribution in [3.8, 4) is 11.8 Å². The van der Waals surface area contributed by atoms with Gasteiger partial charge in [-0.3, -0.25) is 9.13 Å². The Morgan fingerprint density at radius 1 is 0.570 bits per heavy atom. The Kier molecular flexibility index (Phi) is 16.1. The number of imidazole rings is 4. The van der Waals surface area contributed by atoms with Crippen molar-refractivity contribution in [3.63, 3.8) is 0 Å². The molecule has 16 N–H and O–H groups in total. The monoisotopic (exact) mass is 1190 g/mol. The van der Waals surface area contributed by atoms with Crippen LogP contribution in [-0.4, -0.2) is 203 Å². The number of aliphatic hydroxyl groups is 8. The van der Waals surface area contributed by atoms with E-state index < -0.39 is 103 Å². The van der Waals surface area contributed by atoms with E-state index in [4.69, 9.17) is 19.9 Å². The number of nitrogens with one attached hydrogen (secondary N) is 6. The molecule has 0 spiro atoms. The van der Waals surface area contributed by atoms with Gasteiger partial charge in [-0.1, -0.05) is 60.7 Å². The topological polar surface area (TPSA) is 437 Å². The number of hydrogen-bond acceptors (Lipinski definition) is 23. The highest BCUT2D eigenvalue weighted by Crippen LogP contribution is 2.43. The molecular weight excluding hydrogens is 1120 g/mol. The van der Waals surface area contributed by atoms with Crippen molar-refractivity contribution in [1.29, 1.82) is 0 Å². The number of amides is 2. The van der Waals surface area contributed by atoms with Gasteiger partial charge in [0.15, 0.2) is 34.0 Å². The summed E-state index contributed by atoms with van der Waals surface area (Å²) in [5.74, 6) is -0.0797. The maximum absolute atomic E-state index is 13.9. The summed E-state index contributed by atoms with van der Waals surface area (Å²) in [6.07, 6.45) is -1.32. The van der Waals surface area contributed by atoms with E-state index in [1.165, 1.54) is 12.7 Å². The molecule has 2 amide bonds. The number of carbonyl (C=O) groups excluding carboxylic acids is 1. The van der Waals surface area contributed by atoms with Crippen LogP contribution in [0.3, 0.4) is 0 Å². The van der Waals surface area contributed by atoms with Crippen LogP contribution < -0.4 is 42.4 Å². The predicted octanol–water partition coefficient (Wildman–Crippen LogP) is -1.65. The van der Waals surface area contributed by atoms with E-state index >= 15 is 0 Å². The minimum Gasteiger partial charge on any atom is -0.493 e. The minimum absolute atomic E-state index is 0.0465. The van der Waals surface area contributed by atoms with E-state index in [2.05, 4.69) is 41.2 Å². The fraction of sp³-hybridized carbons (Fsp3) is 0.473. The molecule has 12 atom stereocenters. The lowest BCUT2D eigenvalue weighted by molar-refractivity contribution is 0.00758. The molecule has 0 bridgehead atoms. The van der Waals surface area contributed by atoms with Gasteiger partial charge < -0.3 is 101 Å². The average molecular weight is 1190 g/mol. The number of H-pyrrole nitrogens is 2. The normalized spacial score (nSPS) is 24.7. The maximum Gasteiger partial charge on any atom is 0.329 e. The molecule has 2 saturated heterocycles. The van der Waals surface area contributed by atoms with E-state index in [0.717, 1.165) is 20.3 Å². The Hall–Kier alpha value is -8.69. The molecule has 86 heavy (non-hydrogen) atoms. The Morgan fingerprint density at radius 3 is 1.34 bits per heavy atom. The van der Waals surface area contributed by atoms with Crippen molar-refractivity contribution in [2.45, 2.75) is 124 Å². The number of fused-ring (bicyclic) bond motifs is 2. The Bertz CT molecular complexity index is 3590. The minimum atomic E-state index is -1.52. The highest BCUT2D eigenvalue weighted by Gasteiger charge is 2.48. The number of aromatic nitrogens is 12. The van der Waals surface area contributed by atoms with Crippen LogP contribution in [0.1, 0.15) is 72.4 Å². The lowest BCUT2D eigenvalue weighted by Gasteiger charge is -2.23. The van der Waals surface area contributed by atoms with Crippen molar-refractivity contribution in [2.24, 2.45) is 0 Å². The van der Waals surface area contributed by atoms with E-state index in [-0.39, 0.29) is 97.4 Å². The summed E-state index contributed by atoms with van der Waals surface area (Å²) in [7, 11) is 0. The number of anilines is 4. The van der Waals surface area contributed by atoms with Crippen LogP contribution in [-0.2, 0) is 26.1 Å². The van der Waals surface area contributed by atoms with E-state index in [9.17, 15) is 65.4 Å². The van der Waals surface area contributed by atoms with Gasteiger partial charge in [0, 0.05) is 38.3 Å². The molecule has 2 aliphatic carbocycles. The standard InChI is InChI=1S/C55H68N18O13/c74-21-31(15-27-7-3-1-4-8-27)58-45-39-47(70(25-56-39)35-17-37(43(80)41(35)78)72-49(82)33(23-76)62-54(72)85)66-51(64-45)68-13-11-29(19-68)60-53(84)61-30-12-14-69(20-30)52-65-46(59-32(22-75)16-28-9-5-2-6-10-28)40-48(67-52)71(26-57-40)36-18-38(44(81)42(36)79)73-50(83)34(24-77)63-55(73)86/h1-10,25-26,29-32,35-38,41-44,74-83H,11-24H2,(H,62,85)(H,63,86)(H,58,64,66)(H,59,65,67)(H2,60,61,84)/t29-,30-,31+,32+,35-,36-,37+,38+,41+,42+,43-,44-/m1/s1. The van der Waals surface area contributed by atoms with Gasteiger partial charge in [0.2, 0.25) is 23.7 Å². The van der Waals surface area contributed by atoms with E-state index in [1.54, 1.807) is 9.13 Å². The number of nitrogens with zero attached hydrogens (tertiary/aromatic N) is 12. The molecule has 31 nitrogen and oxygen atoms in total. The van der Waals surface area contributed by atoms with E-state index in [0.29, 0.717) is 49.8 Å². The van der Waals surface area contributed by atoms with Gasteiger partial charge in [-0.2, -0.15) is 19.9 Å². The number of aromatic amines is 2. The lowest BCUT2D eigenvalue weighted by Crippen LogP contribution is -2.48. The zero-order chi connectivity index (χ0) is 60.1. The Morgan fingerprint density at radius 2 is 0.965 bits per heavy atom. The van der Waals surface area contributed by atoms with Gasteiger partial charge in [0.25, 0.3) is 0 Å². The number of benzene rings is 2. The van der Waals surface area contributed by atoms with Crippen molar-refractivity contribution in [3.05, 3.63) is 117 Å². The molecule has 6 aromatic heterocycles. The summed E-state index contributed by atoms with van der Waals surface area (Å²) in [5, 5.41) is 121. The number of carbonyl (C=O) groups is 1. The predicted molar refractivity (Wildman–Crippen MR) is 308 cm³/mol.